The molecule has 1 aromatic carbocycles. The van der Waals surface area contributed by atoms with Gasteiger partial charge in [-0.3, -0.25) is 4.99 Å². The standard InChI is InChI=1S/C18H22N4S/c1-13(9-17-8-7-14(2)23-17)22-18(20-3)21-12-16-6-4-5-15(10-16)11-19/h4-8,10,13H,9,12H2,1-3H3,(H2,20,21,22). The van der Waals surface area contributed by atoms with Crippen LogP contribution in [0.3, 0.4) is 0 Å². The second-order valence-corrected chi connectivity index (χ2v) is 6.87. The van der Waals surface area contributed by atoms with Gasteiger partial charge in [-0.05, 0) is 43.7 Å². The van der Waals surface area contributed by atoms with Crippen LogP contribution < -0.4 is 10.6 Å². The van der Waals surface area contributed by atoms with Gasteiger partial charge in [-0.25, -0.2) is 0 Å². The summed E-state index contributed by atoms with van der Waals surface area (Å²) in [5.41, 5.74) is 1.74. The second-order valence-electron chi connectivity index (χ2n) is 5.50. The molecular weight excluding hydrogens is 304 g/mol. The maximum atomic E-state index is 8.94. The van der Waals surface area contributed by atoms with Crippen molar-refractivity contribution in [2.45, 2.75) is 32.9 Å². The van der Waals surface area contributed by atoms with Crippen LogP contribution in [0.5, 0.6) is 0 Å². The van der Waals surface area contributed by atoms with Crippen LogP contribution in [0, 0.1) is 18.3 Å². The summed E-state index contributed by atoms with van der Waals surface area (Å²) >= 11 is 1.83. The average molecular weight is 326 g/mol. The lowest BCUT2D eigenvalue weighted by Gasteiger charge is -2.17. The van der Waals surface area contributed by atoms with Gasteiger partial charge in [0.25, 0.3) is 0 Å². The van der Waals surface area contributed by atoms with E-state index in [1.165, 1.54) is 9.75 Å². The molecule has 5 heteroatoms. The number of guanidine groups is 1. The van der Waals surface area contributed by atoms with E-state index in [9.17, 15) is 0 Å². The van der Waals surface area contributed by atoms with E-state index in [2.05, 4.69) is 47.7 Å². The topological polar surface area (TPSA) is 60.2 Å². The van der Waals surface area contributed by atoms with E-state index in [1.807, 2.05) is 35.6 Å². The lowest BCUT2D eigenvalue weighted by atomic mass is 10.1. The van der Waals surface area contributed by atoms with Gasteiger partial charge in [-0.15, -0.1) is 11.3 Å². The van der Waals surface area contributed by atoms with Gasteiger partial charge in [0, 0.05) is 35.8 Å². The molecule has 0 aliphatic heterocycles. The minimum Gasteiger partial charge on any atom is -0.354 e. The Balaban J connectivity index is 1.86. The van der Waals surface area contributed by atoms with Crippen LogP contribution in [0.25, 0.3) is 0 Å². The Kier molecular flexibility index (Phi) is 6.19. The molecule has 23 heavy (non-hydrogen) atoms. The highest BCUT2D eigenvalue weighted by molar-refractivity contribution is 7.11. The maximum Gasteiger partial charge on any atom is 0.191 e. The lowest BCUT2D eigenvalue weighted by Crippen LogP contribution is -2.42. The highest BCUT2D eigenvalue weighted by Gasteiger charge is 2.08. The molecule has 0 aliphatic carbocycles. The summed E-state index contributed by atoms with van der Waals surface area (Å²) in [6.07, 6.45) is 0.975. The van der Waals surface area contributed by atoms with E-state index in [-0.39, 0.29) is 0 Å². The predicted octanol–water partition coefficient (Wildman–Crippen LogP) is 3.22. The van der Waals surface area contributed by atoms with Gasteiger partial charge >= 0.3 is 0 Å². The van der Waals surface area contributed by atoms with E-state index in [1.54, 1.807) is 7.05 Å². The van der Waals surface area contributed by atoms with Crippen molar-refractivity contribution >= 4 is 17.3 Å². The number of nitrogens with one attached hydrogen (secondary N) is 2. The SMILES string of the molecule is CN=C(NCc1cccc(C#N)c1)NC(C)Cc1ccc(C)s1. The zero-order valence-corrected chi connectivity index (χ0v) is 14.6. The van der Waals surface area contributed by atoms with Crippen molar-refractivity contribution in [2.24, 2.45) is 4.99 Å². The van der Waals surface area contributed by atoms with Crippen molar-refractivity contribution in [1.29, 1.82) is 5.26 Å². The highest BCUT2D eigenvalue weighted by atomic mass is 32.1. The zero-order chi connectivity index (χ0) is 16.7. The summed E-state index contributed by atoms with van der Waals surface area (Å²) in [5, 5.41) is 15.6. The molecule has 0 saturated heterocycles. The van der Waals surface area contributed by atoms with Gasteiger partial charge in [0.1, 0.15) is 0 Å². The number of aliphatic imine (C=N–C) groups is 1. The Bertz CT molecular complexity index is 712. The number of rotatable bonds is 5. The molecular formula is C18H22N4S. The third kappa shape index (κ3) is 5.42. The molecule has 0 bridgehead atoms. The van der Waals surface area contributed by atoms with Gasteiger partial charge < -0.3 is 10.6 Å². The summed E-state index contributed by atoms with van der Waals surface area (Å²) in [6, 6.07) is 14.4. The molecule has 0 radical (unpaired) electrons. The van der Waals surface area contributed by atoms with Crippen LogP contribution in [0.2, 0.25) is 0 Å². The number of nitrogens with zero attached hydrogens (tertiary/aromatic N) is 2. The second kappa shape index (κ2) is 8.35. The Hall–Kier alpha value is -2.32. The van der Waals surface area contributed by atoms with Gasteiger partial charge in [0.2, 0.25) is 0 Å². The van der Waals surface area contributed by atoms with Gasteiger partial charge in [0.15, 0.2) is 5.96 Å². The minimum absolute atomic E-state index is 0.296. The minimum atomic E-state index is 0.296. The van der Waals surface area contributed by atoms with E-state index < -0.39 is 0 Å². The van der Waals surface area contributed by atoms with Crippen LogP contribution in [-0.4, -0.2) is 19.0 Å². The number of hydrogen-bond acceptors (Lipinski definition) is 3. The molecule has 1 atom stereocenters. The zero-order valence-electron chi connectivity index (χ0n) is 13.8. The maximum absolute atomic E-state index is 8.94. The quantitative estimate of drug-likeness (QED) is 0.655. The molecule has 0 amide bonds. The fraction of sp³-hybridized carbons (Fsp3) is 0.333. The fourth-order valence-corrected chi connectivity index (χ4v) is 3.33. The summed E-state index contributed by atoms with van der Waals surface area (Å²) in [7, 11) is 1.77. The Morgan fingerprint density at radius 2 is 2.17 bits per heavy atom. The van der Waals surface area contributed by atoms with Crippen molar-refractivity contribution < 1.29 is 0 Å². The molecule has 4 nitrogen and oxygen atoms in total. The molecule has 0 fully saturated rings. The summed E-state index contributed by atoms with van der Waals surface area (Å²) in [5.74, 6) is 0.771. The first-order valence-electron chi connectivity index (χ1n) is 7.62. The summed E-state index contributed by atoms with van der Waals surface area (Å²) in [6.45, 7) is 4.92. The Labute approximate surface area is 141 Å². The number of nitriles is 1. The summed E-state index contributed by atoms with van der Waals surface area (Å²) < 4.78 is 0. The van der Waals surface area contributed by atoms with E-state index in [0.29, 0.717) is 18.2 Å². The van der Waals surface area contributed by atoms with E-state index in [4.69, 9.17) is 5.26 Å². The van der Waals surface area contributed by atoms with Gasteiger partial charge in [0.05, 0.1) is 11.6 Å². The first-order valence-corrected chi connectivity index (χ1v) is 8.44. The van der Waals surface area contributed by atoms with Crippen molar-refractivity contribution in [3.05, 3.63) is 57.3 Å². The van der Waals surface area contributed by atoms with E-state index in [0.717, 1.165) is 17.9 Å². The molecule has 0 aliphatic rings. The lowest BCUT2D eigenvalue weighted by molar-refractivity contribution is 0.645. The molecule has 1 unspecified atom stereocenters. The van der Waals surface area contributed by atoms with Crippen LogP contribution >= 0.6 is 11.3 Å². The van der Waals surface area contributed by atoms with Crippen LogP contribution in [0.4, 0.5) is 0 Å². The first kappa shape index (κ1) is 17.0. The summed E-state index contributed by atoms with van der Waals surface area (Å²) in [4.78, 5) is 6.98. The van der Waals surface area contributed by atoms with Gasteiger partial charge in [-0.2, -0.15) is 5.26 Å². The number of aryl methyl sites for hydroxylation is 1. The van der Waals surface area contributed by atoms with Crippen molar-refractivity contribution in [3.8, 4) is 6.07 Å². The third-order valence-electron chi connectivity index (χ3n) is 3.43. The molecule has 1 aromatic heterocycles. The van der Waals surface area contributed by atoms with Crippen LogP contribution in [-0.2, 0) is 13.0 Å². The van der Waals surface area contributed by atoms with Crippen molar-refractivity contribution in [1.82, 2.24) is 10.6 Å². The smallest absolute Gasteiger partial charge is 0.191 e. The predicted molar refractivity (Wildman–Crippen MR) is 96.7 cm³/mol. The normalized spacial score (nSPS) is 12.5. The van der Waals surface area contributed by atoms with E-state index >= 15 is 0 Å². The Morgan fingerprint density at radius 3 is 2.83 bits per heavy atom. The first-order chi connectivity index (χ1) is 11.1. The molecule has 0 spiro atoms. The van der Waals surface area contributed by atoms with Gasteiger partial charge in [-0.1, -0.05) is 12.1 Å². The van der Waals surface area contributed by atoms with Crippen molar-refractivity contribution in [2.75, 3.05) is 7.05 Å². The molecule has 2 rings (SSSR count). The average Bonchev–Trinajstić information content (AvgIpc) is 2.96. The highest BCUT2D eigenvalue weighted by Crippen LogP contribution is 2.16. The Morgan fingerprint density at radius 1 is 1.35 bits per heavy atom. The third-order valence-corrected chi connectivity index (χ3v) is 4.45. The van der Waals surface area contributed by atoms with Crippen LogP contribution in [0.1, 0.15) is 27.8 Å². The molecule has 2 N–H and O–H groups in total. The number of thiophene rings is 1. The molecule has 1 heterocycles. The van der Waals surface area contributed by atoms with Crippen molar-refractivity contribution in [3.63, 3.8) is 0 Å². The fourth-order valence-electron chi connectivity index (χ4n) is 2.31. The molecule has 120 valence electrons. The largest absolute Gasteiger partial charge is 0.354 e. The number of hydrogen-bond donors (Lipinski definition) is 2. The van der Waals surface area contributed by atoms with Crippen LogP contribution in [0.15, 0.2) is 41.4 Å². The number of benzene rings is 1. The molecule has 2 aromatic rings. The molecule has 0 saturated carbocycles. The monoisotopic (exact) mass is 326 g/mol.